The first-order chi connectivity index (χ1) is 16.7. The zero-order valence-electron chi connectivity index (χ0n) is 18.8. The largest absolute Gasteiger partial charge is 0.496 e. The van der Waals surface area contributed by atoms with Crippen molar-refractivity contribution < 1.29 is 13.9 Å². The Morgan fingerprint density at radius 1 is 0.882 bits per heavy atom. The van der Waals surface area contributed by atoms with E-state index in [2.05, 4.69) is 34.6 Å². The maximum Gasteiger partial charge on any atom is 0.231 e. The molecule has 0 aliphatic carbocycles. The van der Waals surface area contributed by atoms with Gasteiger partial charge in [0.25, 0.3) is 0 Å². The fourth-order valence-electron chi connectivity index (χ4n) is 4.14. The number of nitrogens with zero attached hydrogens (tertiary/aromatic N) is 1. The number of ether oxygens (including phenoxy) is 1. The molecule has 1 heterocycles. The third-order valence-corrected chi connectivity index (χ3v) is 5.80. The summed E-state index contributed by atoms with van der Waals surface area (Å²) in [5.41, 5.74) is 4.97. The van der Waals surface area contributed by atoms with Crippen LogP contribution in [0.3, 0.4) is 0 Å². The maximum absolute atomic E-state index is 13.0. The number of amides is 1. The molecule has 0 saturated carbocycles. The summed E-state index contributed by atoms with van der Waals surface area (Å²) < 4.78 is 11.4. The molecule has 0 fully saturated rings. The lowest BCUT2D eigenvalue weighted by Gasteiger charge is -2.18. The van der Waals surface area contributed by atoms with Gasteiger partial charge >= 0.3 is 0 Å². The van der Waals surface area contributed by atoms with Crippen LogP contribution in [0.1, 0.15) is 23.5 Å². The summed E-state index contributed by atoms with van der Waals surface area (Å²) in [6.45, 7) is 0. The van der Waals surface area contributed by atoms with Crippen LogP contribution in [0, 0.1) is 0 Å². The maximum atomic E-state index is 13.0. The third kappa shape index (κ3) is 4.55. The van der Waals surface area contributed by atoms with Crippen molar-refractivity contribution in [3.63, 3.8) is 0 Å². The minimum absolute atomic E-state index is 0.0337. The number of nitrogens with one attached hydrogen (secondary N) is 1. The zero-order valence-corrected chi connectivity index (χ0v) is 18.8. The van der Waals surface area contributed by atoms with Crippen LogP contribution < -0.4 is 10.1 Å². The number of fused-ring (bicyclic) bond motifs is 1. The van der Waals surface area contributed by atoms with Gasteiger partial charge in [0.15, 0.2) is 5.58 Å². The molecule has 1 N–H and O–H groups in total. The average Bonchev–Trinajstić information content (AvgIpc) is 3.31. The summed E-state index contributed by atoms with van der Waals surface area (Å²) in [5, 5.41) is 3.02. The molecule has 1 aromatic heterocycles. The van der Waals surface area contributed by atoms with Crippen LogP contribution in [0.4, 0.5) is 5.69 Å². The van der Waals surface area contributed by atoms with Crippen molar-refractivity contribution in [2.75, 3.05) is 12.4 Å². The molecular formula is C29H24N2O3. The number of hydrogen-bond donors (Lipinski definition) is 1. The summed E-state index contributed by atoms with van der Waals surface area (Å²) in [5.74, 6) is 1.06. The average molecular weight is 449 g/mol. The van der Waals surface area contributed by atoms with Gasteiger partial charge < -0.3 is 14.5 Å². The highest BCUT2D eigenvalue weighted by Gasteiger charge is 2.19. The van der Waals surface area contributed by atoms with Gasteiger partial charge in [0.2, 0.25) is 11.8 Å². The minimum atomic E-state index is -0.0680. The number of para-hydroxylation sites is 1. The molecule has 0 aliphatic rings. The van der Waals surface area contributed by atoms with E-state index < -0.39 is 0 Å². The van der Waals surface area contributed by atoms with E-state index in [1.165, 1.54) is 0 Å². The monoisotopic (exact) mass is 448 g/mol. The fraction of sp³-hybridized carbons (Fsp3) is 0.103. The van der Waals surface area contributed by atoms with Gasteiger partial charge in [0.1, 0.15) is 11.3 Å². The second-order valence-electron chi connectivity index (χ2n) is 8.03. The lowest BCUT2D eigenvalue weighted by Crippen LogP contribution is -2.16. The van der Waals surface area contributed by atoms with Crippen LogP contribution in [0.25, 0.3) is 22.6 Å². The normalized spacial score (nSPS) is 11.0. The molecule has 5 heteroatoms. The predicted molar refractivity (Wildman–Crippen MR) is 134 cm³/mol. The molecular weight excluding hydrogens is 424 g/mol. The first-order valence-electron chi connectivity index (χ1n) is 11.1. The van der Waals surface area contributed by atoms with Crippen LogP contribution in [-0.4, -0.2) is 18.0 Å². The Morgan fingerprint density at radius 2 is 1.53 bits per heavy atom. The Kier molecular flexibility index (Phi) is 6.08. The molecule has 0 spiro atoms. The van der Waals surface area contributed by atoms with Crippen molar-refractivity contribution in [1.82, 2.24) is 4.98 Å². The number of carbonyl (C=O) groups excluding carboxylic acids is 1. The molecule has 4 aromatic carbocycles. The van der Waals surface area contributed by atoms with Crippen molar-refractivity contribution in [3.05, 3.63) is 114 Å². The third-order valence-electron chi connectivity index (χ3n) is 5.80. The van der Waals surface area contributed by atoms with Crippen LogP contribution in [0.5, 0.6) is 5.75 Å². The summed E-state index contributed by atoms with van der Waals surface area (Å²) in [4.78, 5) is 17.6. The summed E-state index contributed by atoms with van der Waals surface area (Å²) >= 11 is 0. The van der Waals surface area contributed by atoms with E-state index in [-0.39, 0.29) is 11.8 Å². The van der Waals surface area contributed by atoms with Crippen molar-refractivity contribution in [2.24, 2.45) is 0 Å². The van der Waals surface area contributed by atoms with E-state index >= 15 is 0 Å². The highest BCUT2D eigenvalue weighted by atomic mass is 16.5. The van der Waals surface area contributed by atoms with Crippen molar-refractivity contribution in [2.45, 2.75) is 12.3 Å². The summed E-state index contributed by atoms with van der Waals surface area (Å²) in [6, 6.07) is 33.3. The second kappa shape index (κ2) is 9.63. The minimum Gasteiger partial charge on any atom is -0.496 e. The van der Waals surface area contributed by atoms with Gasteiger partial charge in [-0.2, -0.15) is 0 Å². The van der Waals surface area contributed by atoms with Gasteiger partial charge in [-0.25, -0.2) is 4.98 Å². The fourth-order valence-corrected chi connectivity index (χ4v) is 4.14. The van der Waals surface area contributed by atoms with Gasteiger partial charge in [-0.1, -0.05) is 72.8 Å². The Labute approximate surface area is 198 Å². The highest BCUT2D eigenvalue weighted by Crippen LogP contribution is 2.33. The van der Waals surface area contributed by atoms with Crippen LogP contribution in [0.2, 0.25) is 0 Å². The van der Waals surface area contributed by atoms with Gasteiger partial charge in [-0.3, -0.25) is 4.79 Å². The number of anilines is 1. The smallest absolute Gasteiger partial charge is 0.231 e. The molecule has 0 atom stereocenters. The number of carbonyl (C=O) groups is 1. The standard InChI is InChI=1S/C29H24N2O3/c1-33-26-15-9-8-14-23(26)29-31-25-17-16-22(18-27(25)34-29)30-28(32)19-24(20-10-4-2-5-11-20)21-12-6-3-7-13-21/h2-18,24H,19H2,1H3,(H,30,32). The molecule has 5 aromatic rings. The Morgan fingerprint density at radius 3 is 2.21 bits per heavy atom. The first-order valence-corrected chi connectivity index (χ1v) is 11.1. The number of benzene rings is 4. The van der Waals surface area contributed by atoms with Gasteiger partial charge in [-0.15, -0.1) is 0 Å². The number of methoxy groups -OCH3 is 1. The number of oxazole rings is 1. The van der Waals surface area contributed by atoms with Crippen molar-refractivity contribution in [3.8, 4) is 17.2 Å². The molecule has 5 nitrogen and oxygen atoms in total. The molecule has 5 rings (SSSR count). The lowest BCUT2D eigenvalue weighted by atomic mass is 9.88. The molecule has 0 radical (unpaired) electrons. The molecule has 168 valence electrons. The topological polar surface area (TPSA) is 64.4 Å². The van der Waals surface area contributed by atoms with Crippen LogP contribution in [-0.2, 0) is 4.79 Å². The summed E-state index contributed by atoms with van der Waals surface area (Å²) in [6.07, 6.45) is 0.328. The predicted octanol–water partition coefficient (Wildman–Crippen LogP) is 6.66. The van der Waals surface area contributed by atoms with E-state index in [9.17, 15) is 4.79 Å². The van der Waals surface area contributed by atoms with E-state index in [4.69, 9.17) is 9.15 Å². The Hall–Kier alpha value is -4.38. The molecule has 0 saturated heterocycles. The van der Waals surface area contributed by atoms with Crippen LogP contribution in [0.15, 0.2) is 108 Å². The highest BCUT2D eigenvalue weighted by molar-refractivity contribution is 5.93. The van der Waals surface area contributed by atoms with Gasteiger partial charge in [0, 0.05) is 24.1 Å². The lowest BCUT2D eigenvalue weighted by molar-refractivity contribution is -0.116. The molecule has 1 amide bonds. The molecule has 0 aliphatic heterocycles. The van der Waals surface area contributed by atoms with Crippen molar-refractivity contribution >= 4 is 22.7 Å². The Bertz CT molecular complexity index is 1370. The van der Waals surface area contributed by atoms with E-state index in [1.807, 2.05) is 72.8 Å². The zero-order chi connectivity index (χ0) is 23.3. The Balaban J connectivity index is 1.37. The van der Waals surface area contributed by atoms with Crippen LogP contribution >= 0.6 is 0 Å². The number of rotatable bonds is 7. The van der Waals surface area contributed by atoms with E-state index in [1.54, 1.807) is 13.2 Å². The van der Waals surface area contributed by atoms with Gasteiger partial charge in [-0.05, 0) is 35.4 Å². The van der Waals surface area contributed by atoms with Gasteiger partial charge in [0.05, 0.1) is 12.7 Å². The van der Waals surface area contributed by atoms with Crippen molar-refractivity contribution in [1.29, 1.82) is 0 Å². The SMILES string of the molecule is COc1ccccc1-c1nc2ccc(NC(=O)CC(c3ccccc3)c3ccccc3)cc2o1. The first kappa shape index (κ1) is 21.5. The molecule has 0 bridgehead atoms. The number of aromatic nitrogens is 1. The summed E-state index contributed by atoms with van der Waals surface area (Å²) in [7, 11) is 1.62. The quantitative estimate of drug-likeness (QED) is 0.302. The van der Waals surface area contributed by atoms with E-state index in [0.29, 0.717) is 34.8 Å². The molecule has 0 unspecified atom stereocenters. The molecule has 34 heavy (non-hydrogen) atoms. The number of hydrogen-bond acceptors (Lipinski definition) is 4. The second-order valence-corrected chi connectivity index (χ2v) is 8.03. The van der Waals surface area contributed by atoms with E-state index in [0.717, 1.165) is 16.7 Å².